The molecule has 0 N–H and O–H groups in total. The molecule has 2 aromatic rings. The molecule has 0 aliphatic carbocycles. The summed E-state index contributed by atoms with van der Waals surface area (Å²) in [6.45, 7) is 2.73. The molecule has 1 amide bonds. The normalized spacial score (nSPS) is 20.6. The van der Waals surface area contributed by atoms with Crippen LogP contribution in [0.2, 0.25) is 0 Å². The second kappa shape index (κ2) is 7.71. The standard InChI is InChI=1S/C23H23NO2/c25-23(24-13-7-8-14-24)22(19-11-5-2-6-12-19)21-17-26-16-20(21)15-18-9-3-1-4-10-18/h1-6,9-12,15H,7-8,13-14,16-17H2/b20-15+,22-21-. The predicted molar refractivity (Wildman–Crippen MR) is 104 cm³/mol. The van der Waals surface area contributed by atoms with Gasteiger partial charge in [-0.1, -0.05) is 60.7 Å². The highest BCUT2D eigenvalue weighted by molar-refractivity contribution is 6.21. The van der Waals surface area contributed by atoms with Crippen LogP contribution in [-0.4, -0.2) is 37.1 Å². The van der Waals surface area contributed by atoms with E-state index < -0.39 is 0 Å². The van der Waals surface area contributed by atoms with E-state index in [1.807, 2.05) is 53.4 Å². The second-order valence-corrected chi connectivity index (χ2v) is 6.79. The summed E-state index contributed by atoms with van der Waals surface area (Å²) in [7, 11) is 0. The van der Waals surface area contributed by atoms with Crippen LogP contribution in [-0.2, 0) is 9.53 Å². The van der Waals surface area contributed by atoms with Crippen LogP contribution in [0.5, 0.6) is 0 Å². The highest BCUT2D eigenvalue weighted by Gasteiger charge is 2.28. The summed E-state index contributed by atoms with van der Waals surface area (Å²) < 4.78 is 5.76. The number of rotatable bonds is 3. The zero-order chi connectivity index (χ0) is 17.8. The van der Waals surface area contributed by atoms with Crippen LogP contribution in [0.4, 0.5) is 0 Å². The Hall–Kier alpha value is -2.65. The fourth-order valence-electron chi connectivity index (χ4n) is 3.66. The minimum Gasteiger partial charge on any atom is -0.372 e. The number of hydrogen-bond donors (Lipinski definition) is 0. The molecule has 2 aliphatic rings. The molecule has 26 heavy (non-hydrogen) atoms. The van der Waals surface area contributed by atoms with Gasteiger partial charge in [0, 0.05) is 13.1 Å². The van der Waals surface area contributed by atoms with Crippen LogP contribution in [0.25, 0.3) is 11.6 Å². The molecular formula is C23H23NO2. The third-order valence-corrected chi connectivity index (χ3v) is 5.00. The van der Waals surface area contributed by atoms with E-state index >= 15 is 0 Å². The van der Waals surface area contributed by atoms with Crippen molar-refractivity contribution in [2.24, 2.45) is 0 Å². The summed E-state index contributed by atoms with van der Waals surface area (Å²) >= 11 is 0. The molecule has 3 nitrogen and oxygen atoms in total. The Morgan fingerprint density at radius 3 is 2.23 bits per heavy atom. The summed E-state index contributed by atoms with van der Waals surface area (Å²) in [6, 6.07) is 20.2. The Kier molecular flexibility index (Phi) is 4.98. The van der Waals surface area contributed by atoms with Crippen molar-refractivity contribution in [3.8, 4) is 0 Å². The molecule has 2 fully saturated rings. The monoisotopic (exact) mass is 345 g/mol. The van der Waals surface area contributed by atoms with Crippen molar-refractivity contribution in [3.05, 3.63) is 82.9 Å². The van der Waals surface area contributed by atoms with Gasteiger partial charge in [-0.05, 0) is 41.2 Å². The van der Waals surface area contributed by atoms with Gasteiger partial charge < -0.3 is 9.64 Å². The zero-order valence-corrected chi connectivity index (χ0v) is 14.9. The van der Waals surface area contributed by atoms with Gasteiger partial charge in [0.1, 0.15) is 0 Å². The maximum Gasteiger partial charge on any atom is 0.254 e. The molecule has 0 saturated carbocycles. The maximum atomic E-state index is 13.3. The lowest BCUT2D eigenvalue weighted by Crippen LogP contribution is -2.29. The number of benzene rings is 2. The van der Waals surface area contributed by atoms with Gasteiger partial charge in [-0.25, -0.2) is 0 Å². The average Bonchev–Trinajstić information content (AvgIpc) is 3.36. The molecule has 2 aromatic carbocycles. The highest BCUT2D eigenvalue weighted by atomic mass is 16.5. The highest BCUT2D eigenvalue weighted by Crippen LogP contribution is 2.32. The Labute approximate surface area is 154 Å². The Balaban J connectivity index is 1.80. The van der Waals surface area contributed by atoms with Gasteiger partial charge in [0.15, 0.2) is 0 Å². The van der Waals surface area contributed by atoms with Gasteiger partial charge in [-0.2, -0.15) is 0 Å². The minimum absolute atomic E-state index is 0.133. The van der Waals surface area contributed by atoms with Crippen LogP contribution >= 0.6 is 0 Å². The van der Waals surface area contributed by atoms with Gasteiger partial charge in [-0.15, -0.1) is 0 Å². The van der Waals surface area contributed by atoms with Crippen LogP contribution in [0.15, 0.2) is 71.8 Å². The first-order chi connectivity index (χ1) is 12.8. The summed E-state index contributed by atoms with van der Waals surface area (Å²) in [6.07, 6.45) is 4.32. The second-order valence-electron chi connectivity index (χ2n) is 6.79. The number of carbonyl (C=O) groups excluding carboxylic acids is 1. The lowest BCUT2D eigenvalue weighted by Gasteiger charge is -2.20. The lowest BCUT2D eigenvalue weighted by molar-refractivity contribution is -0.124. The van der Waals surface area contributed by atoms with Gasteiger partial charge in [0.05, 0.1) is 18.8 Å². The van der Waals surface area contributed by atoms with E-state index in [1.54, 1.807) is 0 Å². The maximum absolute atomic E-state index is 13.3. The van der Waals surface area contributed by atoms with Gasteiger partial charge >= 0.3 is 0 Å². The van der Waals surface area contributed by atoms with E-state index in [-0.39, 0.29) is 5.91 Å². The number of likely N-dealkylation sites (tertiary alicyclic amines) is 1. The largest absolute Gasteiger partial charge is 0.372 e. The predicted octanol–water partition coefficient (Wildman–Crippen LogP) is 4.18. The minimum atomic E-state index is 0.133. The van der Waals surface area contributed by atoms with Crippen molar-refractivity contribution in [1.29, 1.82) is 0 Å². The first-order valence-electron chi connectivity index (χ1n) is 9.24. The number of amides is 1. The zero-order valence-electron chi connectivity index (χ0n) is 14.9. The first kappa shape index (κ1) is 16.8. The number of nitrogens with zero attached hydrogens (tertiary/aromatic N) is 1. The Morgan fingerprint density at radius 2 is 1.54 bits per heavy atom. The van der Waals surface area contributed by atoms with Crippen LogP contribution in [0, 0.1) is 0 Å². The molecule has 0 bridgehead atoms. The molecule has 0 spiro atoms. The molecule has 2 saturated heterocycles. The van der Waals surface area contributed by atoms with Crippen LogP contribution < -0.4 is 0 Å². The third-order valence-electron chi connectivity index (χ3n) is 5.00. The molecule has 132 valence electrons. The Bertz CT molecular complexity index is 831. The molecule has 2 aliphatic heterocycles. The van der Waals surface area contributed by atoms with Gasteiger partial charge in [-0.3, -0.25) is 4.79 Å². The summed E-state index contributed by atoms with van der Waals surface area (Å²) in [5.74, 6) is 0.133. The van der Waals surface area contributed by atoms with Crippen LogP contribution in [0.1, 0.15) is 24.0 Å². The molecule has 0 unspecified atom stereocenters. The molecule has 0 atom stereocenters. The smallest absolute Gasteiger partial charge is 0.254 e. The van der Waals surface area contributed by atoms with Crippen molar-refractivity contribution in [3.63, 3.8) is 0 Å². The van der Waals surface area contributed by atoms with Crippen molar-refractivity contribution in [1.82, 2.24) is 4.90 Å². The van der Waals surface area contributed by atoms with Crippen molar-refractivity contribution < 1.29 is 9.53 Å². The summed E-state index contributed by atoms with van der Waals surface area (Å²) in [5, 5.41) is 0. The van der Waals surface area contributed by atoms with E-state index in [9.17, 15) is 4.79 Å². The van der Waals surface area contributed by atoms with E-state index in [2.05, 4.69) is 18.2 Å². The Morgan fingerprint density at radius 1 is 0.885 bits per heavy atom. The van der Waals surface area contributed by atoms with Gasteiger partial charge in [0.25, 0.3) is 5.91 Å². The van der Waals surface area contributed by atoms with E-state index in [1.165, 1.54) is 0 Å². The van der Waals surface area contributed by atoms with E-state index in [4.69, 9.17) is 4.74 Å². The molecule has 2 heterocycles. The topological polar surface area (TPSA) is 29.5 Å². The molecule has 4 rings (SSSR count). The fourth-order valence-corrected chi connectivity index (χ4v) is 3.66. The van der Waals surface area contributed by atoms with E-state index in [0.717, 1.165) is 53.8 Å². The van der Waals surface area contributed by atoms with Crippen molar-refractivity contribution >= 4 is 17.6 Å². The van der Waals surface area contributed by atoms with Crippen molar-refractivity contribution in [2.75, 3.05) is 26.3 Å². The number of carbonyl (C=O) groups is 1. The quantitative estimate of drug-likeness (QED) is 0.781. The van der Waals surface area contributed by atoms with E-state index in [0.29, 0.717) is 13.2 Å². The third kappa shape index (κ3) is 3.49. The van der Waals surface area contributed by atoms with Crippen molar-refractivity contribution in [2.45, 2.75) is 12.8 Å². The summed E-state index contributed by atoms with van der Waals surface area (Å²) in [5.41, 5.74) is 5.03. The molecular weight excluding hydrogens is 322 g/mol. The average molecular weight is 345 g/mol. The number of ether oxygens (including phenoxy) is 1. The lowest BCUT2D eigenvalue weighted by atomic mass is 9.94. The first-order valence-corrected chi connectivity index (χ1v) is 9.24. The van der Waals surface area contributed by atoms with Crippen LogP contribution in [0.3, 0.4) is 0 Å². The van der Waals surface area contributed by atoms with Gasteiger partial charge in [0.2, 0.25) is 0 Å². The molecule has 3 heteroatoms. The molecule has 0 radical (unpaired) electrons. The fraction of sp³-hybridized carbons (Fsp3) is 0.261. The molecule has 0 aromatic heterocycles. The summed E-state index contributed by atoms with van der Waals surface area (Å²) in [4.78, 5) is 15.3. The number of hydrogen-bond acceptors (Lipinski definition) is 2. The SMILES string of the molecule is O=C(/C(=C1/COC/C1=C\c1ccccc1)c1ccccc1)N1CCCC1.